The van der Waals surface area contributed by atoms with Crippen molar-refractivity contribution in [1.82, 2.24) is 4.90 Å². The number of piperidine rings is 1. The zero-order chi connectivity index (χ0) is 16.5. The summed E-state index contributed by atoms with van der Waals surface area (Å²) in [6, 6.07) is 7.46. The molecule has 1 aliphatic heterocycles. The normalized spacial score (nSPS) is 22.6. The summed E-state index contributed by atoms with van der Waals surface area (Å²) in [4.78, 5) is 26.3. The van der Waals surface area contributed by atoms with Crippen molar-refractivity contribution in [3.05, 3.63) is 34.3 Å². The number of ether oxygens (including phenoxy) is 1. The molecule has 0 spiro atoms. The van der Waals surface area contributed by atoms with E-state index in [1.165, 1.54) is 0 Å². The first-order chi connectivity index (χ1) is 10.2. The monoisotopic (exact) mass is 367 g/mol. The number of halogens is 1. The highest BCUT2D eigenvalue weighted by atomic mass is 79.9. The minimum absolute atomic E-state index is 0.157. The third kappa shape index (κ3) is 4.09. The van der Waals surface area contributed by atoms with Crippen LogP contribution in [0.1, 0.15) is 45.7 Å². The molecular weight excluding hydrogens is 346 g/mol. The highest BCUT2D eigenvalue weighted by Crippen LogP contribution is 2.33. The van der Waals surface area contributed by atoms with E-state index in [1.54, 1.807) is 4.90 Å². The molecular formula is C17H22BrNO3. The van der Waals surface area contributed by atoms with Crippen LogP contribution in [0, 0.1) is 5.92 Å². The van der Waals surface area contributed by atoms with Crippen LogP contribution in [0.2, 0.25) is 0 Å². The molecule has 22 heavy (non-hydrogen) atoms. The van der Waals surface area contributed by atoms with Gasteiger partial charge in [0, 0.05) is 23.4 Å². The lowest BCUT2D eigenvalue weighted by Crippen LogP contribution is -2.47. The fraction of sp³-hybridized carbons (Fsp3) is 0.529. The second-order valence-corrected chi connectivity index (χ2v) is 7.69. The van der Waals surface area contributed by atoms with Crippen molar-refractivity contribution in [3.63, 3.8) is 0 Å². The number of carbonyl (C=O) groups is 2. The van der Waals surface area contributed by atoms with Gasteiger partial charge in [-0.1, -0.05) is 35.0 Å². The summed E-state index contributed by atoms with van der Waals surface area (Å²) in [5.74, 6) is 0.0284. The number of carbonyl (C=O) groups excluding carboxylic acids is 2. The van der Waals surface area contributed by atoms with Gasteiger partial charge in [0.1, 0.15) is 11.4 Å². The van der Waals surface area contributed by atoms with E-state index in [4.69, 9.17) is 4.74 Å². The maximum atomic E-state index is 12.5. The lowest BCUT2D eigenvalue weighted by Gasteiger charge is -2.38. The van der Waals surface area contributed by atoms with Crippen molar-refractivity contribution >= 4 is 27.8 Å². The summed E-state index contributed by atoms with van der Waals surface area (Å²) in [6.45, 7) is 7.79. The van der Waals surface area contributed by atoms with Crippen molar-refractivity contribution in [2.24, 2.45) is 5.92 Å². The molecule has 2 atom stereocenters. The first-order valence-electron chi connectivity index (χ1n) is 7.45. The first kappa shape index (κ1) is 17.0. The Balaban J connectivity index is 2.30. The Morgan fingerprint density at radius 3 is 2.64 bits per heavy atom. The van der Waals surface area contributed by atoms with E-state index < -0.39 is 5.60 Å². The average Bonchev–Trinajstić information content (AvgIpc) is 2.39. The summed E-state index contributed by atoms with van der Waals surface area (Å²) in [6.07, 6.45) is -0.0338. The summed E-state index contributed by atoms with van der Waals surface area (Å²) >= 11 is 3.44. The Hall–Kier alpha value is -1.36. The molecule has 0 unspecified atom stereocenters. The van der Waals surface area contributed by atoms with Crippen molar-refractivity contribution in [2.75, 3.05) is 6.54 Å². The number of amides is 1. The number of hydrogen-bond acceptors (Lipinski definition) is 3. The number of hydrogen-bond donors (Lipinski definition) is 0. The molecule has 0 aromatic heterocycles. The molecule has 0 saturated carbocycles. The predicted octanol–water partition coefficient (Wildman–Crippen LogP) is 4.34. The lowest BCUT2D eigenvalue weighted by atomic mass is 9.89. The van der Waals surface area contributed by atoms with Crippen LogP contribution in [-0.4, -0.2) is 28.9 Å². The topological polar surface area (TPSA) is 46.6 Å². The van der Waals surface area contributed by atoms with Gasteiger partial charge in [0.05, 0.1) is 6.04 Å². The molecule has 1 aromatic rings. The van der Waals surface area contributed by atoms with E-state index >= 15 is 0 Å². The Morgan fingerprint density at radius 1 is 1.36 bits per heavy atom. The highest BCUT2D eigenvalue weighted by Gasteiger charge is 2.37. The quantitative estimate of drug-likeness (QED) is 0.741. The molecule has 2 rings (SSSR count). The molecule has 1 fully saturated rings. The molecule has 0 radical (unpaired) electrons. The summed E-state index contributed by atoms with van der Waals surface area (Å²) in [5.41, 5.74) is 0.393. The van der Waals surface area contributed by atoms with Crippen LogP contribution < -0.4 is 0 Å². The Kier molecular flexibility index (Phi) is 4.95. The van der Waals surface area contributed by atoms with Gasteiger partial charge in [-0.3, -0.25) is 4.79 Å². The van der Waals surface area contributed by atoms with Crippen LogP contribution in [-0.2, 0) is 9.53 Å². The summed E-state index contributed by atoms with van der Waals surface area (Å²) in [7, 11) is 0. The minimum atomic E-state index is -0.552. The first-order valence-corrected chi connectivity index (χ1v) is 8.24. The van der Waals surface area contributed by atoms with Gasteiger partial charge in [0.2, 0.25) is 0 Å². The van der Waals surface area contributed by atoms with Crippen LogP contribution in [0.15, 0.2) is 28.7 Å². The Morgan fingerprint density at radius 2 is 2.05 bits per heavy atom. The van der Waals surface area contributed by atoms with E-state index in [2.05, 4.69) is 15.9 Å². The number of benzene rings is 1. The van der Waals surface area contributed by atoms with Crippen LogP contribution >= 0.6 is 15.9 Å². The predicted molar refractivity (Wildman–Crippen MR) is 88.6 cm³/mol. The number of ketones is 1. The summed E-state index contributed by atoms with van der Waals surface area (Å²) in [5, 5.41) is 0. The van der Waals surface area contributed by atoms with Crippen molar-refractivity contribution < 1.29 is 14.3 Å². The van der Waals surface area contributed by atoms with Crippen molar-refractivity contribution in [2.45, 2.75) is 45.8 Å². The fourth-order valence-corrected chi connectivity index (χ4v) is 2.98. The van der Waals surface area contributed by atoms with Gasteiger partial charge in [-0.05, 0) is 38.5 Å². The SMILES string of the molecule is C[C@@H]1CN(C(=O)OC(C)(C)C)[C@@H](c2cccc(Br)c2)CC1=O. The van der Waals surface area contributed by atoms with Gasteiger partial charge in [0.25, 0.3) is 0 Å². The molecule has 1 saturated heterocycles. The molecule has 1 amide bonds. The smallest absolute Gasteiger partial charge is 0.410 e. The lowest BCUT2D eigenvalue weighted by molar-refractivity contribution is -0.127. The van der Waals surface area contributed by atoms with E-state index in [-0.39, 0.29) is 23.8 Å². The van der Waals surface area contributed by atoms with E-state index in [9.17, 15) is 9.59 Å². The molecule has 120 valence electrons. The molecule has 1 aromatic carbocycles. The Bertz CT molecular complexity index is 580. The fourth-order valence-electron chi connectivity index (χ4n) is 2.56. The molecule has 0 bridgehead atoms. The third-order valence-corrected chi connectivity index (χ3v) is 4.15. The number of Topliss-reactive ketones (excluding diaryl/α,β-unsaturated/α-hetero) is 1. The molecule has 1 heterocycles. The molecule has 5 heteroatoms. The van der Waals surface area contributed by atoms with E-state index in [0.29, 0.717) is 13.0 Å². The van der Waals surface area contributed by atoms with Gasteiger partial charge >= 0.3 is 6.09 Å². The van der Waals surface area contributed by atoms with E-state index in [1.807, 2.05) is 52.0 Å². The van der Waals surface area contributed by atoms with Crippen molar-refractivity contribution in [3.8, 4) is 0 Å². The van der Waals surface area contributed by atoms with Crippen LogP contribution in [0.4, 0.5) is 4.79 Å². The van der Waals surface area contributed by atoms with Gasteiger partial charge in [-0.2, -0.15) is 0 Å². The molecule has 0 aliphatic carbocycles. The maximum Gasteiger partial charge on any atom is 0.410 e. The third-order valence-electron chi connectivity index (χ3n) is 3.65. The van der Waals surface area contributed by atoms with Gasteiger partial charge in [-0.25, -0.2) is 4.79 Å². The van der Waals surface area contributed by atoms with Gasteiger partial charge < -0.3 is 9.64 Å². The number of rotatable bonds is 1. The second-order valence-electron chi connectivity index (χ2n) is 6.77. The number of likely N-dealkylation sites (tertiary alicyclic amines) is 1. The van der Waals surface area contributed by atoms with Crippen LogP contribution in [0.3, 0.4) is 0 Å². The Labute approximate surface area is 140 Å². The summed E-state index contributed by atoms with van der Waals surface area (Å²) < 4.78 is 6.44. The average molecular weight is 368 g/mol. The highest BCUT2D eigenvalue weighted by molar-refractivity contribution is 9.10. The molecule has 0 N–H and O–H groups in total. The molecule has 4 nitrogen and oxygen atoms in total. The number of nitrogens with zero attached hydrogens (tertiary/aromatic N) is 1. The zero-order valence-electron chi connectivity index (χ0n) is 13.4. The maximum absolute atomic E-state index is 12.5. The van der Waals surface area contributed by atoms with Crippen LogP contribution in [0.5, 0.6) is 0 Å². The minimum Gasteiger partial charge on any atom is -0.444 e. The zero-order valence-corrected chi connectivity index (χ0v) is 15.0. The van der Waals surface area contributed by atoms with Gasteiger partial charge in [-0.15, -0.1) is 0 Å². The van der Waals surface area contributed by atoms with E-state index in [0.717, 1.165) is 10.0 Å². The van der Waals surface area contributed by atoms with Crippen molar-refractivity contribution in [1.29, 1.82) is 0 Å². The van der Waals surface area contributed by atoms with Crippen LogP contribution in [0.25, 0.3) is 0 Å². The standard InChI is InChI=1S/C17H22BrNO3/c1-11-10-19(16(21)22-17(2,3)4)14(9-15(11)20)12-6-5-7-13(18)8-12/h5-8,11,14H,9-10H2,1-4H3/t11-,14-/m1/s1. The second kappa shape index (κ2) is 6.41. The molecule has 1 aliphatic rings. The van der Waals surface area contributed by atoms with Gasteiger partial charge in [0.15, 0.2) is 0 Å². The largest absolute Gasteiger partial charge is 0.444 e.